The number of rotatable bonds is 4. The second kappa shape index (κ2) is 6.86. The molecule has 0 radical (unpaired) electrons. The molecule has 1 amide bonds. The first kappa shape index (κ1) is 14.3. The molecule has 0 saturated heterocycles. The zero-order valence-corrected chi connectivity index (χ0v) is 13.2. The van der Waals surface area contributed by atoms with Crippen molar-refractivity contribution in [2.24, 2.45) is 0 Å². The average molecular weight is 379 g/mol. The molecule has 1 heterocycles. The van der Waals surface area contributed by atoms with Crippen LogP contribution in [0.3, 0.4) is 0 Å². The molecule has 0 aliphatic heterocycles. The third-order valence-corrected chi connectivity index (χ3v) is 5.22. The predicted molar refractivity (Wildman–Crippen MR) is 82.0 cm³/mol. The van der Waals surface area contributed by atoms with E-state index < -0.39 is 0 Å². The molecule has 1 aromatic rings. The van der Waals surface area contributed by atoms with Crippen LogP contribution in [0.5, 0.6) is 0 Å². The van der Waals surface area contributed by atoms with E-state index >= 15 is 0 Å². The second-order valence-electron chi connectivity index (χ2n) is 4.65. The van der Waals surface area contributed by atoms with Crippen LogP contribution in [0.4, 0.5) is 0 Å². The minimum Gasteiger partial charge on any atom is -0.395 e. The van der Waals surface area contributed by atoms with Gasteiger partial charge in [-0.15, -0.1) is 11.3 Å². The molecule has 1 aliphatic carbocycles. The molecule has 0 bridgehead atoms. The summed E-state index contributed by atoms with van der Waals surface area (Å²) in [5, 5.41) is 11.1. The monoisotopic (exact) mass is 379 g/mol. The maximum atomic E-state index is 12.5. The van der Waals surface area contributed by atoms with Crippen molar-refractivity contribution < 1.29 is 9.90 Å². The van der Waals surface area contributed by atoms with E-state index in [0.29, 0.717) is 12.6 Å². The normalized spacial score (nSPS) is 16.8. The topological polar surface area (TPSA) is 40.5 Å². The van der Waals surface area contributed by atoms with Gasteiger partial charge in [-0.05, 0) is 41.5 Å². The van der Waals surface area contributed by atoms with E-state index in [4.69, 9.17) is 0 Å². The lowest BCUT2D eigenvalue weighted by molar-refractivity contribution is 0.0586. The van der Waals surface area contributed by atoms with E-state index in [1.165, 1.54) is 19.3 Å². The number of nitrogens with zero attached hydrogens (tertiary/aromatic N) is 1. The summed E-state index contributed by atoms with van der Waals surface area (Å²) >= 11 is 3.82. The van der Waals surface area contributed by atoms with Gasteiger partial charge < -0.3 is 10.0 Å². The lowest BCUT2D eigenvalue weighted by Gasteiger charge is -2.33. The summed E-state index contributed by atoms with van der Waals surface area (Å²) in [5.41, 5.74) is 0.767. The summed E-state index contributed by atoms with van der Waals surface area (Å²) in [6, 6.07) is 2.25. The molecular formula is C13H18INO2S. The van der Waals surface area contributed by atoms with E-state index in [1.807, 2.05) is 16.3 Å². The van der Waals surface area contributed by atoms with Crippen LogP contribution in [0.15, 0.2) is 11.4 Å². The Morgan fingerprint density at radius 2 is 2.17 bits per heavy atom. The molecule has 0 unspecified atom stereocenters. The van der Waals surface area contributed by atoms with Gasteiger partial charge in [-0.25, -0.2) is 0 Å². The van der Waals surface area contributed by atoms with Gasteiger partial charge in [0.2, 0.25) is 0 Å². The summed E-state index contributed by atoms with van der Waals surface area (Å²) < 4.78 is 1.13. The first-order valence-electron chi connectivity index (χ1n) is 6.38. The number of carbonyl (C=O) groups is 1. The van der Waals surface area contributed by atoms with Crippen LogP contribution in [0.2, 0.25) is 0 Å². The second-order valence-corrected chi connectivity index (χ2v) is 7.46. The molecule has 1 aliphatic rings. The van der Waals surface area contributed by atoms with Crippen molar-refractivity contribution in [3.8, 4) is 0 Å². The molecule has 1 saturated carbocycles. The van der Waals surface area contributed by atoms with Crippen LogP contribution in [-0.4, -0.2) is 35.1 Å². The van der Waals surface area contributed by atoms with Crippen molar-refractivity contribution in [2.45, 2.75) is 38.1 Å². The summed E-state index contributed by atoms with van der Waals surface area (Å²) in [4.78, 5) is 14.3. The number of amides is 1. The highest BCUT2D eigenvalue weighted by molar-refractivity contribution is 14.1. The third kappa shape index (κ3) is 3.45. The molecule has 3 nitrogen and oxygen atoms in total. The number of halogens is 1. The standard InChI is InChI=1S/C13H18INO2S/c14-12-8-10(9-18-12)13(17)15(6-7-16)11-4-2-1-3-5-11/h8-9,11,16H,1-7H2. The zero-order chi connectivity index (χ0) is 13.0. The van der Waals surface area contributed by atoms with E-state index in [0.717, 1.165) is 21.3 Å². The van der Waals surface area contributed by atoms with Gasteiger partial charge in [-0.2, -0.15) is 0 Å². The van der Waals surface area contributed by atoms with Crippen molar-refractivity contribution in [1.82, 2.24) is 4.90 Å². The Bertz CT molecular complexity index is 401. The van der Waals surface area contributed by atoms with Crippen molar-refractivity contribution in [3.63, 3.8) is 0 Å². The van der Waals surface area contributed by atoms with Gasteiger partial charge in [0.15, 0.2) is 0 Å². The molecule has 1 fully saturated rings. The van der Waals surface area contributed by atoms with Gasteiger partial charge in [-0.1, -0.05) is 19.3 Å². The highest BCUT2D eigenvalue weighted by atomic mass is 127. The molecule has 0 aromatic carbocycles. The first-order valence-corrected chi connectivity index (χ1v) is 8.34. The SMILES string of the molecule is O=C(c1csc(I)c1)N(CCO)C1CCCCC1. The van der Waals surface area contributed by atoms with Crippen LogP contribution in [0.25, 0.3) is 0 Å². The molecular weight excluding hydrogens is 361 g/mol. The minimum absolute atomic E-state index is 0.0451. The molecule has 2 rings (SSSR count). The van der Waals surface area contributed by atoms with Crippen LogP contribution in [0.1, 0.15) is 42.5 Å². The van der Waals surface area contributed by atoms with Gasteiger partial charge in [0.05, 0.1) is 15.1 Å². The molecule has 0 atom stereocenters. The average Bonchev–Trinajstić information content (AvgIpc) is 2.83. The molecule has 1 aromatic heterocycles. The van der Waals surface area contributed by atoms with Gasteiger partial charge in [0.1, 0.15) is 0 Å². The number of thiophene rings is 1. The van der Waals surface area contributed by atoms with Crippen LogP contribution < -0.4 is 0 Å². The Balaban J connectivity index is 2.10. The van der Waals surface area contributed by atoms with Crippen molar-refractivity contribution in [2.75, 3.05) is 13.2 Å². The highest BCUT2D eigenvalue weighted by Crippen LogP contribution is 2.25. The maximum absolute atomic E-state index is 12.5. The maximum Gasteiger partial charge on any atom is 0.255 e. The lowest BCUT2D eigenvalue weighted by atomic mass is 9.94. The largest absolute Gasteiger partial charge is 0.395 e. The fraction of sp³-hybridized carbons (Fsp3) is 0.615. The summed E-state index contributed by atoms with van der Waals surface area (Å²) in [7, 11) is 0. The van der Waals surface area contributed by atoms with E-state index in [9.17, 15) is 9.90 Å². The van der Waals surface area contributed by atoms with Crippen molar-refractivity contribution in [1.29, 1.82) is 0 Å². The van der Waals surface area contributed by atoms with Crippen LogP contribution in [-0.2, 0) is 0 Å². The molecule has 100 valence electrons. The predicted octanol–water partition coefficient (Wildman–Crippen LogP) is 3.12. The van der Waals surface area contributed by atoms with Crippen molar-refractivity contribution in [3.05, 3.63) is 19.9 Å². The Kier molecular flexibility index (Phi) is 5.44. The number of carbonyl (C=O) groups excluding carboxylic acids is 1. The van der Waals surface area contributed by atoms with E-state index in [2.05, 4.69) is 22.6 Å². The summed E-state index contributed by atoms with van der Waals surface area (Å²) in [6.45, 7) is 0.499. The number of hydrogen-bond acceptors (Lipinski definition) is 3. The summed E-state index contributed by atoms with van der Waals surface area (Å²) in [5.74, 6) is 0.0788. The smallest absolute Gasteiger partial charge is 0.255 e. The van der Waals surface area contributed by atoms with Crippen LogP contribution >= 0.6 is 33.9 Å². The van der Waals surface area contributed by atoms with Gasteiger partial charge in [-0.3, -0.25) is 4.79 Å². The Labute approximate surface area is 125 Å². The zero-order valence-electron chi connectivity index (χ0n) is 10.3. The Hall–Kier alpha value is -0.140. The van der Waals surface area contributed by atoms with Gasteiger partial charge >= 0.3 is 0 Å². The fourth-order valence-electron chi connectivity index (χ4n) is 2.54. The lowest BCUT2D eigenvalue weighted by Crippen LogP contribution is -2.43. The molecule has 18 heavy (non-hydrogen) atoms. The molecule has 1 N–H and O–H groups in total. The van der Waals surface area contributed by atoms with Gasteiger partial charge in [0, 0.05) is 18.0 Å². The molecule has 0 spiro atoms. The number of aliphatic hydroxyl groups is 1. The summed E-state index contributed by atoms with van der Waals surface area (Å²) in [6.07, 6.45) is 5.82. The van der Waals surface area contributed by atoms with E-state index in [1.54, 1.807) is 11.3 Å². The quantitative estimate of drug-likeness (QED) is 0.817. The Morgan fingerprint density at radius 1 is 1.44 bits per heavy atom. The first-order chi connectivity index (χ1) is 8.72. The van der Waals surface area contributed by atoms with Gasteiger partial charge in [0.25, 0.3) is 5.91 Å². The van der Waals surface area contributed by atoms with Crippen LogP contribution in [0, 0.1) is 2.88 Å². The number of hydrogen-bond donors (Lipinski definition) is 1. The Morgan fingerprint density at radius 3 is 2.72 bits per heavy atom. The molecule has 5 heteroatoms. The third-order valence-electron chi connectivity index (χ3n) is 3.43. The fourth-order valence-corrected chi connectivity index (χ4v) is 3.86. The number of aliphatic hydroxyl groups excluding tert-OH is 1. The van der Waals surface area contributed by atoms with Crippen molar-refractivity contribution >= 4 is 39.8 Å². The minimum atomic E-state index is 0.0451. The van der Waals surface area contributed by atoms with E-state index in [-0.39, 0.29) is 12.5 Å². The highest BCUT2D eigenvalue weighted by Gasteiger charge is 2.26.